The molecule has 2 aromatic rings. The molecule has 0 aliphatic carbocycles. The van der Waals surface area contributed by atoms with Crippen molar-refractivity contribution in [3.05, 3.63) is 46.3 Å². The number of hydrogen-bond acceptors (Lipinski definition) is 6. The number of nitriles is 1. The number of nitrogens with zero attached hydrogens (tertiary/aromatic N) is 5. The van der Waals surface area contributed by atoms with Crippen molar-refractivity contribution in [2.45, 2.75) is 25.8 Å². The zero-order chi connectivity index (χ0) is 21.6. The summed E-state index contributed by atoms with van der Waals surface area (Å²) < 4.78 is 0. The van der Waals surface area contributed by atoms with Crippen LogP contribution in [0.25, 0.3) is 0 Å². The number of amides is 2. The van der Waals surface area contributed by atoms with Crippen molar-refractivity contribution >= 4 is 23.2 Å². The van der Waals surface area contributed by atoms with E-state index in [-0.39, 0.29) is 12.1 Å². The molecule has 4 rings (SSSR count). The van der Waals surface area contributed by atoms with E-state index in [4.69, 9.17) is 5.26 Å². The third kappa shape index (κ3) is 5.35. The van der Waals surface area contributed by atoms with Crippen LogP contribution in [0.4, 0.5) is 10.6 Å². The van der Waals surface area contributed by atoms with E-state index in [9.17, 15) is 4.79 Å². The van der Waals surface area contributed by atoms with Gasteiger partial charge in [-0.15, -0.1) is 11.3 Å². The summed E-state index contributed by atoms with van der Waals surface area (Å²) in [5.74, 6) is 1.59. The summed E-state index contributed by atoms with van der Waals surface area (Å²) >= 11 is 1.77. The van der Waals surface area contributed by atoms with E-state index in [1.165, 1.54) is 17.7 Å². The standard InChI is InChI=1S/C23H30N6OS/c1-18-5-8-27(9-6-18)20(21-3-2-14-31-21)17-26-23(30)29-12-10-28(11-13-29)22-15-19(16-24)4-7-25-22/h2-4,7,14-15,18,20H,5-6,8-13,17H2,1H3,(H,26,30). The van der Waals surface area contributed by atoms with Crippen LogP contribution in [0.3, 0.4) is 0 Å². The Labute approximate surface area is 188 Å². The van der Waals surface area contributed by atoms with E-state index in [2.05, 4.69) is 50.6 Å². The van der Waals surface area contributed by atoms with Gasteiger partial charge in [-0.1, -0.05) is 13.0 Å². The van der Waals surface area contributed by atoms with Gasteiger partial charge in [0, 0.05) is 43.8 Å². The fourth-order valence-corrected chi connectivity index (χ4v) is 5.19. The van der Waals surface area contributed by atoms with Gasteiger partial charge < -0.3 is 15.1 Å². The normalized spacial score (nSPS) is 19.1. The minimum atomic E-state index is 0.00492. The number of piperidine rings is 1. The van der Waals surface area contributed by atoms with Crippen molar-refractivity contribution in [3.8, 4) is 6.07 Å². The van der Waals surface area contributed by atoms with Gasteiger partial charge in [-0.25, -0.2) is 9.78 Å². The summed E-state index contributed by atoms with van der Waals surface area (Å²) in [6.45, 7) is 7.87. The number of nitrogens with one attached hydrogen (secondary N) is 1. The van der Waals surface area contributed by atoms with Crippen molar-refractivity contribution in [2.75, 3.05) is 50.7 Å². The third-order valence-corrected chi connectivity index (χ3v) is 7.32. The third-order valence-electron chi connectivity index (χ3n) is 6.34. The number of likely N-dealkylation sites (tertiary alicyclic amines) is 1. The quantitative estimate of drug-likeness (QED) is 0.775. The number of piperazine rings is 1. The van der Waals surface area contributed by atoms with Crippen molar-refractivity contribution in [3.63, 3.8) is 0 Å². The first-order valence-electron chi connectivity index (χ1n) is 11.1. The maximum Gasteiger partial charge on any atom is 0.317 e. The largest absolute Gasteiger partial charge is 0.353 e. The van der Waals surface area contributed by atoms with Crippen LogP contribution < -0.4 is 10.2 Å². The Morgan fingerprint density at radius 3 is 2.71 bits per heavy atom. The average Bonchev–Trinajstić information content (AvgIpc) is 3.35. The topological polar surface area (TPSA) is 75.5 Å². The summed E-state index contributed by atoms with van der Waals surface area (Å²) in [4.78, 5) is 25.1. The molecule has 31 heavy (non-hydrogen) atoms. The Balaban J connectivity index is 1.31. The summed E-state index contributed by atoms with van der Waals surface area (Å²) in [5.41, 5.74) is 0.608. The highest BCUT2D eigenvalue weighted by Gasteiger charge is 2.27. The Bertz CT molecular complexity index is 895. The van der Waals surface area contributed by atoms with Crippen LogP contribution in [0.15, 0.2) is 35.8 Å². The molecule has 8 heteroatoms. The summed E-state index contributed by atoms with van der Waals surface area (Å²) in [6.07, 6.45) is 4.11. The van der Waals surface area contributed by atoms with E-state index in [0.29, 0.717) is 38.3 Å². The first-order valence-corrected chi connectivity index (χ1v) is 11.9. The molecule has 1 N–H and O–H groups in total. The van der Waals surface area contributed by atoms with Crippen LogP contribution in [-0.4, -0.2) is 66.6 Å². The Kier molecular flexibility index (Phi) is 7.05. The van der Waals surface area contributed by atoms with Crippen LogP contribution in [0, 0.1) is 17.2 Å². The monoisotopic (exact) mass is 438 g/mol. The molecule has 0 radical (unpaired) electrons. The molecule has 2 saturated heterocycles. The molecule has 2 aliphatic heterocycles. The van der Waals surface area contributed by atoms with Crippen LogP contribution in [0.2, 0.25) is 0 Å². The lowest BCUT2D eigenvalue weighted by atomic mass is 9.97. The number of carbonyl (C=O) groups excluding carboxylic acids is 1. The molecule has 7 nitrogen and oxygen atoms in total. The number of aromatic nitrogens is 1. The molecule has 2 aromatic heterocycles. The number of hydrogen-bond donors (Lipinski definition) is 1. The van der Waals surface area contributed by atoms with Gasteiger partial charge in [0.1, 0.15) is 5.82 Å². The van der Waals surface area contributed by atoms with E-state index in [1.807, 2.05) is 4.90 Å². The van der Waals surface area contributed by atoms with E-state index in [0.717, 1.165) is 24.8 Å². The van der Waals surface area contributed by atoms with Crippen LogP contribution in [-0.2, 0) is 0 Å². The molecule has 1 atom stereocenters. The molecule has 4 heterocycles. The highest BCUT2D eigenvalue weighted by atomic mass is 32.1. The Morgan fingerprint density at radius 1 is 1.26 bits per heavy atom. The number of rotatable bonds is 5. The molecule has 2 amide bonds. The Morgan fingerprint density at radius 2 is 2.03 bits per heavy atom. The van der Waals surface area contributed by atoms with Crippen LogP contribution >= 0.6 is 11.3 Å². The maximum atomic E-state index is 12.9. The van der Waals surface area contributed by atoms with Gasteiger partial charge in [0.15, 0.2) is 0 Å². The van der Waals surface area contributed by atoms with Crippen molar-refractivity contribution in [2.24, 2.45) is 5.92 Å². The maximum absolute atomic E-state index is 12.9. The van der Waals surface area contributed by atoms with Gasteiger partial charge in [0.05, 0.1) is 17.7 Å². The summed E-state index contributed by atoms with van der Waals surface area (Å²) in [7, 11) is 0. The number of carbonyl (C=O) groups is 1. The predicted molar refractivity (Wildman–Crippen MR) is 123 cm³/mol. The smallest absolute Gasteiger partial charge is 0.317 e. The molecule has 0 bridgehead atoms. The first kappa shape index (κ1) is 21.6. The molecular formula is C23H30N6OS. The van der Waals surface area contributed by atoms with Gasteiger partial charge in [-0.05, 0) is 55.4 Å². The lowest BCUT2D eigenvalue weighted by molar-refractivity contribution is 0.134. The number of pyridine rings is 1. The molecule has 0 saturated carbocycles. The molecule has 0 spiro atoms. The fraction of sp³-hybridized carbons (Fsp3) is 0.522. The predicted octanol–water partition coefficient (Wildman–Crippen LogP) is 3.32. The average molecular weight is 439 g/mol. The van der Waals surface area contributed by atoms with Gasteiger partial charge in [-0.2, -0.15) is 5.26 Å². The molecule has 2 fully saturated rings. The first-order chi connectivity index (χ1) is 15.1. The molecule has 1 unspecified atom stereocenters. The Hall–Kier alpha value is -2.63. The van der Waals surface area contributed by atoms with E-state index >= 15 is 0 Å². The van der Waals surface area contributed by atoms with Crippen molar-refractivity contribution < 1.29 is 4.79 Å². The van der Waals surface area contributed by atoms with Gasteiger partial charge in [0.25, 0.3) is 0 Å². The minimum Gasteiger partial charge on any atom is -0.353 e. The van der Waals surface area contributed by atoms with E-state index < -0.39 is 0 Å². The zero-order valence-electron chi connectivity index (χ0n) is 18.0. The van der Waals surface area contributed by atoms with Crippen molar-refractivity contribution in [1.82, 2.24) is 20.1 Å². The molecule has 0 aromatic carbocycles. The second-order valence-corrected chi connectivity index (χ2v) is 9.40. The van der Waals surface area contributed by atoms with Crippen LogP contribution in [0.5, 0.6) is 0 Å². The highest BCUT2D eigenvalue weighted by Crippen LogP contribution is 2.29. The lowest BCUT2D eigenvalue weighted by Crippen LogP contribution is -2.53. The van der Waals surface area contributed by atoms with Crippen LogP contribution in [0.1, 0.15) is 36.2 Å². The minimum absolute atomic E-state index is 0.00492. The SMILES string of the molecule is CC1CCN(C(CNC(=O)N2CCN(c3cc(C#N)ccn3)CC2)c2cccs2)CC1. The zero-order valence-corrected chi connectivity index (χ0v) is 18.9. The second kappa shape index (κ2) is 10.1. The van der Waals surface area contributed by atoms with Gasteiger partial charge >= 0.3 is 6.03 Å². The van der Waals surface area contributed by atoms with E-state index in [1.54, 1.807) is 29.7 Å². The molecular weight excluding hydrogens is 408 g/mol. The number of urea groups is 1. The number of thiophene rings is 1. The summed E-state index contributed by atoms with van der Waals surface area (Å²) in [6, 6.07) is 10.2. The van der Waals surface area contributed by atoms with Crippen molar-refractivity contribution in [1.29, 1.82) is 5.26 Å². The second-order valence-electron chi connectivity index (χ2n) is 8.42. The lowest BCUT2D eigenvalue weighted by Gasteiger charge is -2.38. The van der Waals surface area contributed by atoms with Gasteiger partial charge in [0.2, 0.25) is 0 Å². The fourth-order valence-electron chi connectivity index (χ4n) is 4.33. The highest BCUT2D eigenvalue weighted by molar-refractivity contribution is 7.10. The molecule has 2 aliphatic rings. The number of anilines is 1. The summed E-state index contributed by atoms with van der Waals surface area (Å²) in [5, 5.41) is 14.4. The van der Waals surface area contributed by atoms with Gasteiger partial charge in [-0.3, -0.25) is 4.90 Å². The molecule has 164 valence electrons.